The summed E-state index contributed by atoms with van der Waals surface area (Å²) >= 11 is 0. The van der Waals surface area contributed by atoms with Crippen molar-refractivity contribution < 1.29 is 31.5 Å². The van der Waals surface area contributed by atoms with E-state index in [1.54, 1.807) is 0 Å². The lowest BCUT2D eigenvalue weighted by molar-refractivity contribution is -0.000938. The highest BCUT2D eigenvalue weighted by molar-refractivity contribution is 7.89. The maximum Gasteiger partial charge on any atom is 0.282 e. The van der Waals surface area contributed by atoms with E-state index in [0.29, 0.717) is 24.1 Å². The molecule has 1 aromatic carbocycles. The van der Waals surface area contributed by atoms with Gasteiger partial charge in [0.2, 0.25) is 10.0 Å². The highest BCUT2D eigenvalue weighted by Crippen LogP contribution is 2.36. The van der Waals surface area contributed by atoms with Gasteiger partial charge < -0.3 is 15.7 Å². The van der Waals surface area contributed by atoms with Gasteiger partial charge in [-0.3, -0.25) is 19.1 Å². The minimum absolute atomic E-state index is 0.0104. The van der Waals surface area contributed by atoms with Gasteiger partial charge in [-0.15, -0.1) is 0 Å². The Hall–Kier alpha value is -3.65. The number of pyridine rings is 2. The molecule has 0 radical (unpaired) electrons. The molecule has 3 N–H and O–H groups in total. The van der Waals surface area contributed by atoms with E-state index in [0.717, 1.165) is 4.57 Å². The number of rotatable bonds is 6. The number of sulfonamides is 1. The summed E-state index contributed by atoms with van der Waals surface area (Å²) in [5.41, 5.74) is -0.955. The Morgan fingerprint density at radius 1 is 1.24 bits per heavy atom. The topological polar surface area (TPSA) is 134 Å². The average Bonchev–Trinajstić information content (AvgIpc) is 3.11. The van der Waals surface area contributed by atoms with E-state index in [1.807, 2.05) is 0 Å². The van der Waals surface area contributed by atoms with Crippen molar-refractivity contribution in [3.05, 3.63) is 63.3 Å². The summed E-state index contributed by atoms with van der Waals surface area (Å²) in [6.07, 6.45) is 1.98. The van der Waals surface area contributed by atoms with E-state index < -0.39 is 57.6 Å². The van der Waals surface area contributed by atoms with Gasteiger partial charge in [0.1, 0.15) is 16.9 Å². The Morgan fingerprint density at radius 2 is 1.97 bits per heavy atom. The standard InChI is InChI=1S/C24H24F3N5O5S/c25-16-4-2-14(3-5-16)10-15-11-29-19-20-18(15)30-12-24(26,27)13-32(20)23(35)17(21(19)33)22(34)28-6-8-31-7-1-9-38(31,36)37/h2-5,11,30,33H,1,6-10,12-13H2,(H,28,34). The van der Waals surface area contributed by atoms with Gasteiger partial charge in [-0.2, -0.15) is 0 Å². The molecular formula is C24H24F3N5O5S. The van der Waals surface area contributed by atoms with E-state index in [4.69, 9.17) is 0 Å². The maximum atomic E-state index is 14.7. The van der Waals surface area contributed by atoms with E-state index >= 15 is 0 Å². The second kappa shape index (κ2) is 9.58. The minimum Gasteiger partial charge on any atom is -0.505 e. The quantitative estimate of drug-likeness (QED) is 0.424. The van der Waals surface area contributed by atoms with Crippen molar-refractivity contribution in [2.24, 2.45) is 0 Å². The number of hydrogen-bond acceptors (Lipinski definition) is 7. The van der Waals surface area contributed by atoms with Crippen LogP contribution in [0.25, 0.3) is 11.0 Å². The fourth-order valence-corrected chi connectivity index (χ4v) is 6.30. The number of nitrogens with zero attached hydrogens (tertiary/aromatic N) is 3. The summed E-state index contributed by atoms with van der Waals surface area (Å²) < 4.78 is 68.6. The lowest BCUT2D eigenvalue weighted by atomic mass is 10.0. The Morgan fingerprint density at radius 3 is 2.66 bits per heavy atom. The van der Waals surface area contributed by atoms with Gasteiger partial charge in [0, 0.05) is 37.8 Å². The van der Waals surface area contributed by atoms with Crippen molar-refractivity contribution in [3.8, 4) is 5.75 Å². The average molecular weight is 552 g/mol. The lowest BCUT2D eigenvalue weighted by Gasteiger charge is -2.18. The molecule has 0 atom stereocenters. The summed E-state index contributed by atoms with van der Waals surface area (Å²) in [6.45, 7) is -1.75. The predicted molar refractivity (Wildman–Crippen MR) is 133 cm³/mol. The number of aromatic nitrogens is 2. The molecule has 1 amide bonds. The lowest BCUT2D eigenvalue weighted by Crippen LogP contribution is -2.40. The van der Waals surface area contributed by atoms with Crippen LogP contribution in [0, 0.1) is 5.82 Å². The van der Waals surface area contributed by atoms with E-state index in [1.165, 1.54) is 34.8 Å². The van der Waals surface area contributed by atoms with Crippen LogP contribution in [0.5, 0.6) is 5.75 Å². The van der Waals surface area contributed by atoms with Gasteiger partial charge in [0.15, 0.2) is 5.75 Å². The molecule has 0 spiro atoms. The van der Waals surface area contributed by atoms with Crippen molar-refractivity contribution in [2.45, 2.75) is 25.3 Å². The van der Waals surface area contributed by atoms with Crippen LogP contribution in [0.15, 0.2) is 35.3 Å². The van der Waals surface area contributed by atoms with Gasteiger partial charge in [-0.05, 0) is 24.1 Å². The number of carbonyl (C=O) groups is 1. The largest absolute Gasteiger partial charge is 0.505 e. The third kappa shape index (κ3) is 4.80. The first-order chi connectivity index (χ1) is 18.0. The van der Waals surface area contributed by atoms with Crippen LogP contribution in [-0.2, 0) is 23.0 Å². The molecule has 3 aromatic rings. The van der Waals surface area contributed by atoms with Crippen molar-refractivity contribution in [3.63, 3.8) is 0 Å². The number of amides is 1. The van der Waals surface area contributed by atoms with Crippen LogP contribution in [0.3, 0.4) is 0 Å². The maximum absolute atomic E-state index is 14.7. The molecule has 0 unspecified atom stereocenters. The SMILES string of the molecule is O=C(NCCN1CCCS1(=O)=O)c1c(O)c2ncc(Cc3ccc(F)cc3)c3c2n(c1=O)CC(F)(F)CN3. The normalized spacial score (nSPS) is 18.2. The minimum atomic E-state index is -3.40. The molecule has 2 aliphatic heterocycles. The molecule has 4 heterocycles. The molecule has 0 bridgehead atoms. The monoisotopic (exact) mass is 551 g/mol. The number of hydrogen-bond donors (Lipinski definition) is 3. The molecule has 5 rings (SSSR count). The molecule has 0 saturated carbocycles. The number of halogens is 3. The number of alkyl halides is 2. The highest BCUT2D eigenvalue weighted by Gasteiger charge is 2.37. The molecule has 0 aliphatic carbocycles. The molecule has 10 nitrogen and oxygen atoms in total. The van der Waals surface area contributed by atoms with Gasteiger partial charge >= 0.3 is 0 Å². The highest BCUT2D eigenvalue weighted by atomic mass is 32.2. The number of anilines is 1. The third-order valence-corrected chi connectivity index (χ3v) is 8.58. The van der Waals surface area contributed by atoms with Crippen LogP contribution in [-0.4, -0.2) is 71.1 Å². The molecule has 202 valence electrons. The second-order valence-electron chi connectivity index (χ2n) is 9.31. The van der Waals surface area contributed by atoms with Gasteiger partial charge in [-0.25, -0.2) is 25.9 Å². The molecular weight excluding hydrogens is 527 g/mol. The second-order valence-corrected chi connectivity index (χ2v) is 11.4. The molecule has 38 heavy (non-hydrogen) atoms. The zero-order valence-electron chi connectivity index (χ0n) is 20.0. The number of nitrogens with one attached hydrogen (secondary N) is 2. The Labute approximate surface area is 215 Å². The van der Waals surface area contributed by atoms with Crippen LogP contribution < -0.4 is 16.2 Å². The summed E-state index contributed by atoms with van der Waals surface area (Å²) in [5, 5.41) is 16.0. The first-order valence-corrected chi connectivity index (χ1v) is 13.5. The fourth-order valence-electron chi connectivity index (χ4n) is 4.77. The number of benzene rings is 1. The Balaban J connectivity index is 1.54. The Bertz CT molecular complexity index is 1590. The molecule has 1 fully saturated rings. The van der Waals surface area contributed by atoms with Crippen molar-refractivity contribution in [1.82, 2.24) is 19.2 Å². The first kappa shape index (κ1) is 26.0. The number of carbonyl (C=O) groups excluding carboxylic acids is 1. The van der Waals surface area contributed by atoms with Gasteiger partial charge in [0.05, 0.1) is 30.0 Å². The number of aromatic hydroxyl groups is 1. The molecule has 2 aromatic heterocycles. The third-order valence-electron chi connectivity index (χ3n) is 6.62. The van der Waals surface area contributed by atoms with Crippen molar-refractivity contribution >= 4 is 32.7 Å². The first-order valence-electron chi connectivity index (χ1n) is 11.9. The zero-order valence-corrected chi connectivity index (χ0v) is 20.8. The summed E-state index contributed by atoms with van der Waals surface area (Å²) in [6, 6.07) is 5.58. The summed E-state index contributed by atoms with van der Waals surface area (Å²) in [5.74, 6) is -5.61. The van der Waals surface area contributed by atoms with Crippen molar-refractivity contribution in [1.29, 1.82) is 0 Å². The van der Waals surface area contributed by atoms with Crippen LogP contribution in [0.2, 0.25) is 0 Å². The van der Waals surface area contributed by atoms with Crippen LogP contribution in [0.4, 0.5) is 18.9 Å². The van der Waals surface area contributed by atoms with E-state index in [2.05, 4.69) is 15.6 Å². The molecule has 1 saturated heterocycles. The summed E-state index contributed by atoms with van der Waals surface area (Å²) in [4.78, 5) is 30.4. The van der Waals surface area contributed by atoms with Crippen molar-refractivity contribution in [2.75, 3.05) is 37.2 Å². The Kier molecular flexibility index (Phi) is 6.55. The van der Waals surface area contributed by atoms with Crippen LogP contribution in [0.1, 0.15) is 27.9 Å². The molecule has 2 aliphatic rings. The fraction of sp³-hybridized carbons (Fsp3) is 0.375. The molecule has 14 heteroatoms. The van der Waals surface area contributed by atoms with E-state index in [9.17, 15) is 36.3 Å². The predicted octanol–water partition coefficient (Wildman–Crippen LogP) is 1.66. The van der Waals surface area contributed by atoms with Gasteiger partial charge in [0.25, 0.3) is 17.4 Å². The zero-order chi connectivity index (χ0) is 27.2. The van der Waals surface area contributed by atoms with Gasteiger partial charge in [-0.1, -0.05) is 12.1 Å². The summed E-state index contributed by atoms with van der Waals surface area (Å²) in [7, 11) is -3.40. The van der Waals surface area contributed by atoms with E-state index in [-0.39, 0.29) is 42.0 Å². The smallest absolute Gasteiger partial charge is 0.282 e. The van der Waals surface area contributed by atoms with Crippen LogP contribution >= 0.6 is 0 Å².